The van der Waals surface area contributed by atoms with E-state index in [1.807, 2.05) is 0 Å². The van der Waals surface area contributed by atoms with Crippen molar-refractivity contribution in [2.24, 2.45) is 5.92 Å². The lowest BCUT2D eigenvalue weighted by Crippen LogP contribution is -2.41. The van der Waals surface area contributed by atoms with E-state index in [2.05, 4.69) is 11.8 Å². The van der Waals surface area contributed by atoms with Crippen molar-refractivity contribution < 1.29 is 9.90 Å². The highest BCUT2D eigenvalue weighted by molar-refractivity contribution is 5.67. The van der Waals surface area contributed by atoms with Crippen molar-refractivity contribution in [1.82, 2.24) is 4.90 Å². The largest absolute Gasteiger partial charge is 0.481 e. The smallest absolute Gasteiger partial charge is 0.304 e. The molecule has 1 saturated carbocycles. The van der Waals surface area contributed by atoms with E-state index in [0.29, 0.717) is 12.5 Å². The van der Waals surface area contributed by atoms with Crippen LogP contribution >= 0.6 is 0 Å². The molecule has 0 aromatic carbocycles. The number of likely N-dealkylation sites (tertiary alicyclic amines) is 1. The number of carboxylic acid groups (broad SMARTS) is 1. The Morgan fingerprint density at radius 2 is 2.13 bits per heavy atom. The zero-order valence-corrected chi connectivity index (χ0v) is 9.48. The normalized spacial score (nSPS) is 33.7. The third-order valence-corrected chi connectivity index (χ3v) is 4.09. The van der Waals surface area contributed by atoms with Gasteiger partial charge in [0.15, 0.2) is 0 Å². The minimum Gasteiger partial charge on any atom is -0.481 e. The van der Waals surface area contributed by atoms with Gasteiger partial charge >= 0.3 is 5.97 Å². The molecule has 1 aliphatic heterocycles. The lowest BCUT2D eigenvalue weighted by molar-refractivity contribution is -0.138. The molecule has 3 heteroatoms. The van der Waals surface area contributed by atoms with Crippen LogP contribution in [0.4, 0.5) is 0 Å². The molecule has 1 aliphatic carbocycles. The van der Waals surface area contributed by atoms with Gasteiger partial charge in [-0.1, -0.05) is 12.8 Å². The van der Waals surface area contributed by atoms with Crippen molar-refractivity contribution in [1.29, 1.82) is 0 Å². The summed E-state index contributed by atoms with van der Waals surface area (Å²) in [7, 11) is 0. The number of nitrogens with zero attached hydrogens (tertiary/aromatic N) is 1. The Labute approximate surface area is 91.5 Å². The third kappa shape index (κ3) is 2.33. The summed E-state index contributed by atoms with van der Waals surface area (Å²) in [6.45, 7) is 3.18. The van der Waals surface area contributed by atoms with E-state index < -0.39 is 5.97 Å². The number of fused-ring (bicyclic) bond motifs is 1. The highest BCUT2D eigenvalue weighted by Gasteiger charge is 2.37. The first kappa shape index (κ1) is 10.9. The molecule has 0 amide bonds. The summed E-state index contributed by atoms with van der Waals surface area (Å²) in [6, 6.07) is 0.906. The zero-order valence-electron chi connectivity index (χ0n) is 9.48. The highest BCUT2D eigenvalue weighted by atomic mass is 16.4. The maximum absolute atomic E-state index is 10.7. The van der Waals surface area contributed by atoms with Crippen LogP contribution in [0.15, 0.2) is 0 Å². The summed E-state index contributed by atoms with van der Waals surface area (Å²) in [5.41, 5.74) is 0. The van der Waals surface area contributed by atoms with Gasteiger partial charge in [-0.15, -0.1) is 0 Å². The molecule has 2 aliphatic rings. The second-order valence-corrected chi connectivity index (χ2v) is 5.09. The van der Waals surface area contributed by atoms with Crippen LogP contribution in [0.5, 0.6) is 0 Å². The predicted octanol–water partition coefficient (Wildman–Crippen LogP) is 2.11. The van der Waals surface area contributed by atoms with Gasteiger partial charge < -0.3 is 5.11 Å². The predicted molar refractivity (Wildman–Crippen MR) is 58.8 cm³/mol. The molecule has 3 atom stereocenters. The Morgan fingerprint density at radius 3 is 2.87 bits per heavy atom. The fraction of sp³-hybridized carbons (Fsp3) is 0.917. The molecule has 2 rings (SSSR count). The second kappa shape index (κ2) is 4.52. The summed E-state index contributed by atoms with van der Waals surface area (Å²) < 4.78 is 0. The van der Waals surface area contributed by atoms with Crippen LogP contribution in [-0.4, -0.2) is 34.6 Å². The van der Waals surface area contributed by atoms with Gasteiger partial charge in [-0.25, -0.2) is 0 Å². The van der Waals surface area contributed by atoms with Crippen LogP contribution in [0.2, 0.25) is 0 Å². The molecule has 2 fully saturated rings. The van der Waals surface area contributed by atoms with E-state index in [9.17, 15) is 4.79 Å². The lowest BCUT2D eigenvalue weighted by atomic mass is 9.85. The molecular weight excluding hydrogens is 190 g/mol. The number of carbonyl (C=O) groups is 1. The Kier molecular flexibility index (Phi) is 3.29. The Balaban J connectivity index is 1.94. The van der Waals surface area contributed by atoms with E-state index in [1.165, 1.54) is 32.1 Å². The van der Waals surface area contributed by atoms with Crippen LogP contribution in [0.1, 0.15) is 45.4 Å². The maximum atomic E-state index is 10.7. The van der Waals surface area contributed by atoms with Crippen LogP contribution in [-0.2, 0) is 4.79 Å². The molecule has 0 aromatic heterocycles. The summed E-state index contributed by atoms with van der Waals surface area (Å²) in [6.07, 6.45) is 6.94. The molecule has 1 saturated heterocycles. The summed E-state index contributed by atoms with van der Waals surface area (Å²) in [5.74, 6) is 0.191. The SMILES string of the molecule is CC(CC(=O)O)N1CC[C@@H]2CCCC[C@@H]21. The molecule has 1 N–H and O–H groups in total. The summed E-state index contributed by atoms with van der Waals surface area (Å²) in [5, 5.41) is 8.81. The summed E-state index contributed by atoms with van der Waals surface area (Å²) in [4.78, 5) is 13.1. The molecule has 1 unspecified atom stereocenters. The maximum Gasteiger partial charge on any atom is 0.304 e. The van der Waals surface area contributed by atoms with Crippen LogP contribution in [0.3, 0.4) is 0 Å². The third-order valence-electron chi connectivity index (χ3n) is 4.09. The van der Waals surface area contributed by atoms with Gasteiger partial charge in [0.2, 0.25) is 0 Å². The van der Waals surface area contributed by atoms with Crippen LogP contribution in [0.25, 0.3) is 0 Å². The van der Waals surface area contributed by atoms with Gasteiger partial charge in [0.25, 0.3) is 0 Å². The average molecular weight is 211 g/mol. The number of aliphatic carboxylic acids is 1. The Hall–Kier alpha value is -0.570. The van der Waals surface area contributed by atoms with E-state index in [0.717, 1.165) is 12.5 Å². The Morgan fingerprint density at radius 1 is 1.40 bits per heavy atom. The minimum atomic E-state index is -0.665. The minimum absolute atomic E-state index is 0.218. The van der Waals surface area contributed by atoms with E-state index in [-0.39, 0.29) is 6.04 Å². The number of hydrogen-bond acceptors (Lipinski definition) is 2. The molecule has 15 heavy (non-hydrogen) atoms. The summed E-state index contributed by atoms with van der Waals surface area (Å²) >= 11 is 0. The van der Waals surface area contributed by atoms with Crippen LogP contribution < -0.4 is 0 Å². The quantitative estimate of drug-likeness (QED) is 0.777. The number of hydrogen-bond donors (Lipinski definition) is 1. The van der Waals surface area contributed by atoms with E-state index in [4.69, 9.17) is 5.11 Å². The molecule has 0 bridgehead atoms. The fourth-order valence-electron chi connectivity index (χ4n) is 3.36. The average Bonchev–Trinajstić information content (AvgIpc) is 2.59. The van der Waals surface area contributed by atoms with Gasteiger partial charge in [-0.05, 0) is 38.6 Å². The van der Waals surface area contributed by atoms with Gasteiger partial charge in [-0.2, -0.15) is 0 Å². The number of rotatable bonds is 3. The van der Waals surface area contributed by atoms with Crippen molar-refractivity contribution in [3.8, 4) is 0 Å². The van der Waals surface area contributed by atoms with Crippen molar-refractivity contribution in [3.63, 3.8) is 0 Å². The molecule has 86 valence electrons. The van der Waals surface area contributed by atoms with Crippen LogP contribution in [0, 0.1) is 5.92 Å². The van der Waals surface area contributed by atoms with E-state index in [1.54, 1.807) is 0 Å². The molecule has 0 aromatic rings. The fourth-order valence-corrected chi connectivity index (χ4v) is 3.36. The molecular formula is C12H21NO2. The van der Waals surface area contributed by atoms with Crippen molar-refractivity contribution in [2.45, 2.75) is 57.5 Å². The second-order valence-electron chi connectivity index (χ2n) is 5.09. The first-order valence-electron chi connectivity index (χ1n) is 6.16. The standard InChI is InChI=1S/C12H21NO2/c1-9(8-12(14)15)13-7-6-10-4-2-3-5-11(10)13/h9-11H,2-8H2,1H3,(H,14,15)/t9?,10-,11-/m0/s1. The molecule has 3 nitrogen and oxygen atoms in total. The van der Waals surface area contributed by atoms with E-state index >= 15 is 0 Å². The van der Waals surface area contributed by atoms with Crippen molar-refractivity contribution in [2.75, 3.05) is 6.54 Å². The topological polar surface area (TPSA) is 40.5 Å². The number of carboxylic acids is 1. The molecule has 0 radical (unpaired) electrons. The molecule has 1 heterocycles. The first-order chi connectivity index (χ1) is 7.18. The lowest BCUT2D eigenvalue weighted by Gasteiger charge is -2.35. The Bertz CT molecular complexity index is 242. The van der Waals surface area contributed by atoms with Gasteiger partial charge in [-0.3, -0.25) is 9.69 Å². The van der Waals surface area contributed by atoms with Crippen molar-refractivity contribution >= 4 is 5.97 Å². The molecule has 0 spiro atoms. The van der Waals surface area contributed by atoms with Gasteiger partial charge in [0.1, 0.15) is 0 Å². The monoisotopic (exact) mass is 211 g/mol. The highest BCUT2D eigenvalue weighted by Crippen LogP contribution is 2.37. The van der Waals surface area contributed by atoms with Gasteiger partial charge in [0.05, 0.1) is 6.42 Å². The van der Waals surface area contributed by atoms with Crippen molar-refractivity contribution in [3.05, 3.63) is 0 Å². The first-order valence-corrected chi connectivity index (χ1v) is 6.16. The van der Waals surface area contributed by atoms with Gasteiger partial charge in [0, 0.05) is 12.1 Å². The zero-order chi connectivity index (χ0) is 10.8.